The second kappa shape index (κ2) is 9.78. The maximum atomic E-state index is 14.5. The van der Waals surface area contributed by atoms with E-state index in [0.717, 1.165) is 11.1 Å². The van der Waals surface area contributed by atoms with Crippen molar-refractivity contribution in [3.8, 4) is 11.5 Å². The molecule has 35 heavy (non-hydrogen) atoms. The Morgan fingerprint density at radius 3 is 2.49 bits per heavy atom. The molecular formula is C26H25ClFNO5S. The van der Waals surface area contributed by atoms with Gasteiger partial charge in [-0.05, 0) is 56.0 Å². The summed E-state index contributed by atoms with van der Waals surface area (Å²) in [4.78, 5) is 0.133. The number of halogens is 2. The van der Waals surface area contributed by atoms with Gasteiger partial charge in [0.1, 0.15) is 12.4 Å². The predicted molar refractivity (Wildman–Crippen MR) is 130 cm³/mol. The Hall–Kier alpha value is -2.65. The zero-order valence-electron chi connectivity index (χ0n) is 19.1. The van der Waals surface area contributed by atoms with Crippen LogP contribution in [0.1, 0.15) is 41.6 Å². The molecule has 2 aliphatic rings. The fourth-order valence-corrected chi connectivity index (χ4v) is 5.62. The zero-order chi connectivity index (χ0) is 24.6. The molecule has 0 bridgehead atoms. The number of piperidine rings is 1. The van der Waals surface area contributed by atoms with Crippen LogP contribution in [0.4, 0.5) is 4.39 Å². The Kier molecular flexibility index (Phi) is 6.72. The lowest BCUT2D eigenvalue weighted by Crippen LogP contribution is -2.35. The second-order valence-electron chi connectivity index (χ2n) is 8.80. The number of hydroxylamine groups is 2. The summed E-state index contributed by atoms with van der Waals surface area (Å²) in [7, 11) is -3.88. The Bertz CT molecular complexity index is 1320. The van der Waals surface area contributed by atoms with Gasteiger partial charge in [0.25, 0.3) is 0 Å². The summed E-state index contributed by atoms with van der Waals surface area (Å²) in [5.41, 5.74) is 2.32. The summed E-state index contributed by atoms with van der Waals surface area (Å²) in [6, 6.07) is 16.8. The van der Waals surface area contributed by atoms with Crippen LogP contribution in [0, 0.1) is 12.7 Å². The van der Waals surface area contributed by atoms with Gasteiger partial charge < -0.3 is 9.47 Å². The SMILES string of the molecule is Cc1ccc(S(=O)(=O)ON2CCC(c3cccc4c3OC(c3ccc(Cl)cc3F)CO4)CC2)cc1. The van der Waals surface area contributed by atoms with Gasteiger partial charge in [0.05, 0.1) is 4.90 Å². The van der Waals surface area contributed by atoms with Crippen molar-refractivity contribution in [2.24, 2.45) is 0 Å². The van der Waals surface area contributed by atoms with Crippen molar-refractivity contribution in [1.29, 1.82) is 0 Å². The minimum absolute atomic E-state index is 0.115. The number of nitrogens with zero attached hydrogens (tertiary/aromatic N) is 1. The molecule has 0 aliphatic carbocycles. The first-order valence-corrected chi connectivity index (χ1v) is 13.2. The van der Waals surface area contributed by atoms with Crippen LogP contribution in [0.2, 0.25) is 5.02 Å². The summed E-state index contributed by atoms with van der Waals surface area (Å²) in [5.74, 6) is 0.898. The molecule has 0 amide bonds. The Labute approximate surface area is 209 Å². The molecule has 184 valence electrons. The Morgan fingerprint density at radius 1 is 1.03 bits per heavy atom. The van der Waals surface area contributed by atoms with E-state index in [1.165, 1.54) is 11.1 Å². The van der Waals surface area contributed by atoms with Crippen molar-refractivity contribution >= 4 is 21.7 Å². The van der Waals surface area contributed by atoms with Gasteiger partial charge in [-0.25, -0.2) is 4.39 Å². The lowest BCUT2D eigenvalue weighted by molar-refractivity contribution is -0.0694. The van der Waals surface area contributed by atoms with Gasteiger partial charge in [0.2, 0.25) is 0 Å². The third-order valence-electron chi connectivity index (χ3n) is 6.38. The lowest BCUT2D eigenvalue weighted by Gasteiger charge is -2.34. The monoisotopic (exact) mass is 517 g/mol. The van der Waals surface area contributed by atoms with E-state index in [0.29, 0.717) is 48.0 Å². The van der Waals surface area contributed by atoms with Crippen LogP contribution in [-0.2, 0) is 14.4 Å². The molecule has 2 heterocycles. The highest BCUT2D eigenvalue weighted by atomic mass is 35.5. The van der Waals surface area contributed by atoms with Gasteiger partial charge in [-0.2, -0.15) is 17.8 Å². The highest BCUT2D eigenvalue weighted by Crippen LogP contribution is 2.45. The molecule has 0 N–H and O–H groups in total. The molecule has 0 radical (unpaired) electrons. The van der Waals surface area contributed by atoms with E-state index in [1.807, 2.05) is 25.1 Å². The van der Waals surface area contributed by atoms with Gasteiger partial charge >= 0.3 is 10.1 Å². The number of benzene rings is 3. The average Bonchev–Trinajstić information content (AvgIpc) is 2.84. The number of rotatable bonds is 5. The van der Waals surface area contributed by atoms with Crippen LogP contribution in [-0.4, -0.2) is 33.2 Å². The number of para-hydroxylation sites is 1. The smallest absolute Gasteiger partial charge is 0.313 e. The van der Waals surface area contributed by atoms with Crippen molar-refractivity contribution in [1.82, 2.24) is 5.06 Å². The van der Waals surface area contributed by atoms with Gasteiger partial charge in [-0.1, -0.05) is 47.5 Å². The van der Waals surface area contributed by atoms with Crippen LogP contribution >= 0.6 is 11.6 Å². The van der Waals surface area contributed by atoms with E-state index in [2.05, 4.69) is 0 Å². The molecule has 2 aliphatic heterocycles. The summed E-state index contributed by atoms with van der Waals surface area (Å²) in [6.45, 7) is 2.97. The van der Waals surface area contributed by atoms with Crippen LogP contribution < -0.4 is 9.47 Å². The molecule has 3 aromatic carbocycles. The van der Waals surface area contributed by atoms with Crippen molar-refractivity contribution in [3.05, 3.63) is 88.2 Å². The van der Waals surface area contributed by atoms with Crippen molar-refractivity contribution in [2.75, 3.05) is 19.7 Å². The first-order chi connectivity index (χ1) is 16.8. The van der Waals surface area contributed by atoms with E-state index < -0.39 is 22.0 Å². The van der Waals surface area contributed by atoms with Crippen LogP contribution in [0.5, 0.6) is 11.5 Å². The Morgan fingerprint density at radius 2 is 1.77 bits per heavy atom. The fraction of sp³-hybridized carbons (Fsp3) is 0.308. The van der Waals surface area contributed by atoms with E-state index in [4.69, 9.17) is 25.4 Å². The van der Waals surface area contributed by atoms with Crippen molar-refractivity contribution < 1.29 is 26.6 Å². The van der Waals surface area contributed by atoms with Gasteiger partial charge in [-0.15, -0.1) is 0 Å². The molecule has 5 rings (SSSR count). The van der Waals surface area contributed by atoms with Gasteiger partial charge in [-0.3, -0.25) is 0 Å². The number of ether oxygens (including phenoxy) is 2. The minimum Gasteiger partial charge on any atom is -0.485 e. The van der Waals surface area contributed by atoms with Gasteiger partial charge in [0, 0.05) is 29.2 Å². The normalized spacial score (nSPS) is 19.0. The molecule has 9 heteroatoms. The van der Waals surface area contributed by atoms with Crippen molar-refractivity contribution in [3.63, 3.8) is 0 Å². The molecule has 1 atom stereocenters. The topological polar surface area (TPSA) is 65.1 Å². The highest BCUT2D eigenvalue weighted by molar-refractivity contribution is 7.86. The number of fused-ring (bicyclic) bond motifs is 1. The summed E-state index contributed by atoms with van der Waals surface area (Å²) >= 11 is 5.89. The lowest BCUT2D eigenvalue weighted by atomic mass is 9.89. The molecule has 0 saturated carbocycles. The zero-order valence-corrected chi connectivity index (χ0v) is 20.7. The minimum atomic E-state index is -3.88. The summed E-state index contributed by atoms with van der Waals surface area (Å²) in [5, 5.41) is 1.81. The summed E-state index contributed by atoms with van der Waals surface area (Å²) in [6.07, 6.45) is 0.746. The third-order valence-corrected chi connectivity index (χ3v) is 7.87. The molecular weight excluding hydrogens is 493 g/mol. The molecule has 1 unspecified atom stereocenters. The maximum Gasteiger partial charge on any atom is 0.313 e. The molecule has 1 fully saturated rings. The molecule has 0 spiro atoms. The largest absolute Gasteiger partial charge is 0.485 e. The van der Waals surface area contributed by atoms with E-state index >= 15 is 0 Å². The van der Waals surface area contributed by atoms with Gasteiger partial charge in [0.15, 0.2) is 17.6 Å². The van der Waals surface area contributed by atoms with Crippen LogP contribution in [0.15, 0.2) is 65.6 Å². The second-order valence-corrected chi connectivity index (χ2v) is 10.8. The first kappa shape index (κ1) is 24.1. The van der Waals surface area contributed by atoms with Crippen LogP contribution in [0.25, 0.3) is 0 Å². The maximum absolute atomic E-state index is 14.5. The fourth-order valence-electron chi connectivity index (χ4n) is 4.48. The molecule has 0 aromatic heterocycles. The standard InChI is InChI=1S/C26H25ClFNO5S/c1-17-5-8-20(9-6-17)35(30,31)34-29-13-11-18(12-14-29)21-3-2-4-24-26(21)33-25(16-32-24)22-10-7-19(27)15-23(22)28/h2-10,15,18,25H,11-14,16H2,1H3. The summed E-state index contributed by atoms with van der Waals surface area (Å²) < 4.78 is 57.3. The van der Waals surface area contributed by atoms with E-state index in [-0.39, 0.29) is 17.4 Å². The number of hydrogen-bond donors (Lipinski definition) is 0. The third kappa shape index (κ3) is 5.16. The number of hydrogen-bond acceptors (Lipinski definition) is 6. The Balaban J connectivity index is 1.28. The average molecular weight is 518 g/mol. The number of aryl methyl sites for hydroxylation is 1. The van der Waals surface area contributed by atoms with Crippen molar-refractivity contribution in [2.45, 2.75) is 36.7 Å². The molecule has 6 nitrogen and oxygen atoms in total. The highest BCUT2D eigenvalue weighted by Gasteiger charge is 2.32. The molecule has 1 saturated heterocycles. The van der Waals surface area contributed by atoms with E-state index in [9.17, 15) is 12.8 Å². The van der Waals surface area contributed by atoms with Crippen LogP contribution in [0.3, 0.4) is 0 Å². The van der Waals surface area contributed by atoms with E-state index in [1.54, 1.807) is 36.4 Å². The first-order valence-electron chi connectivity index (χ1n) is 11.4. The predicted octanol–water partition coefficient (Wildman–Crippen LogP) is 5.80. The quantitative estimate of drug-likeness (QED) is 0.426. The molecule has 3 aromatic rings.